The lowest BCUT2D eigenvalue weighted by atomic mass is 9.90. The van der Waals surface area contributed by atoms with Crippen molar-refractivity contribution in [2.75, 3.05) is 31.1 Å². The van der Waals surface area contributed by atoms with Crippen molar-refractivity contribution in [1.29, 1.82) is 0 Å². The largest absolute Gasteiger partial charge is 0.506 e. The third-order valence-electron chi connectivity index (χ3n) is 7.51. The van der Waals surface area contributed by atoms with Gasteiger partial charge in [0.2, 0.25) is 5.71 Å². The number of aromatic hydroxyl groups is 1. The third kappa shape index (κ3) is 4.57. The van der Waals surface area contributed by atoms with Gasteiger partial charge < -0.3 is 19.2 Å². The van der Waals surface area contributed by atoms with E-state index in [0.29, 0.717) is 11.0 Å². The SMILES string of the molecule is CCN(CC)c1ccc2c(c1)OC1=C(C=c3c(O)c4c(oc3=O)=CC(=[N+](CC)CC)C=C4)CCC=C1C2. The fraction of sp³-hybridized carbons (Fsp3) is 0.355. The molecule has 0 fully saturated rings. The molecule has 0 radical (unpaired) electrons. The summed E-state index contributed by atoms with van der Waals surface area (Å²) in [6, 6.07) is 6.41. The van der Waals surface area contributed by atoms with Crippen LogP contribution in [0.2, 0.25) is 0 Å². The second-order valence-electron chi connectivity index (χ2n) is 9.51. The lowest BCUT2D eigenvalue weighted by Gasteiger charge is -2.29. The van der Waals surface area contributed by atoms with E-state index in [-0.39, 0.29) is 11.0 Å². The monoisotopic (exact) mass is 499 g/mol. The van der Waals surface area contributed by atoms with Crippen LogP contribution < -0.4 is 25.9 Å². The van der Waals surface area contributed by atoms with Gasteiger partial charge in [-0.25, -0.2) is 9.37 Å². The first-order valence-corrected chi connectivity index (χ1v) is 13.3. The topological polar surface area (TPSA) is 65.9 Å². The molecule has 2 heterocycles. The highest BCUT2D eigenvalue weighted by Gasteiger charge is 2.26. The van der Waals surface area contributed by atoms with Gasteiger partial charge in [-0.2, -0.15) is 0 Å². The first-order valence-electron chi connectivity index (χ1n) is 13.3. The molecule has 2 aliphatic carbocycles. The van der Waals surface area contributed by atoms with Crippen LogP contribution >= 0.6 is 0 Å². The van der Waals surface area contributed by atoms with Crippen molar-refractivity contribution in [2.45, 2.75) is 47.0 Å². The average Bonchev–Trinajstić information content (AvgIpc) is 2.91. The number of nitrogens with zero attached hydrogens (tertiary/aromatic N) is 2. The second-order valence-corrected chi connectivity index (χ2v) is 9.51. The molecule has 1 aliphatic heterocycles. The molecule has 1 aromatic carbocycles. The number of anilines is 1. The molecule has 3 aliphatic rings. The van der Waals surface area contributed by atoms with E-state index in [9.17, 15) is 9.90 Å². The maximum absolute atomic E-state index is 13.0. The maximum atomic E-state index is 13.0. The van der Waals surface area contributed by atoms with E-state index in [1.165, 1.54) is 0 Å². The lowest BCUT2D eigenvalue weighted by molar-refractivity contribution is -0.518. The van der Waals surface area contributed by atoms with Crippen LogP contribution in [0.5, 0.6) is 11.5 Å². The zero-order chi connectivity index (χ0) is 26.1. The summed E-state index contributed by atoms with van der Waals surface area (Å²) < 4.78 is 14.3. The Hall–Kier alpha value is -3.80. The number of hydrogen-bond donors (Lipinski definition) is 1. The van der Waals surface area contributed by atoms with Crippen LogP contribution in [0.25, 0.3) is 18.2 Å². The Bertz CT molecular complexity index is 1540. The molecule has 0 atom stereocenters. The van der Waals surface area contributed by atoms with Crippen LogP contribution in [-0.4, -0.2) is 41.6 Å². The molecule has 6 heteroatoms. The average molecular weight is 500 g/mol. The molecule has 0 saturated heterocycles. The zero-order valence-electron chi connectivity index (χ0n) is 22.1. The minimum absolute atomic E-state index is 0.0541. The molecule has 2 aromatic rings. The summed E-state index contributed by atoms with van der Waals surface area (Å²) >= 11 is 0. The second kappa shape index (κ2) is 10.3. The fourth-order valence-corrected chi connectivity index (χ4v) is 5.40. The predicted octanol–water partition coefficient (Wildman–Crippen LogP) is 3.88. The number of hydrogen-bond acceptors (Lipinski definition) is 5. The first kappa shape index (κ1) is 24.9. The highest BCUT2D eigenvalue weighted by Crippen LogP contribution is 2.39. The molecule has 6 nitrogen and oxygen atoms in total. The lowest BCUT2D eigenvalue weighted by Crippen LogP contribution is -2.33. The van der Waals surface area contributed by atoms with Gasteiger partial charge in [-0.3, -0.25) is 0 Å². The number of fused-ring (bicyclic) bond motifs is 3. The van der Waals surface area contributed by atoms with Crippen LogP contribution in [0.3, 0.4) is 0 Å². The summed E-state index contributed by atoms with van der Waals surface area (Å²) in [5.74, 6) is 1.58. The third-order valence-corrected chi connectivity index (χ3v) is 7.51. The van der Waals surface area contributed by atoms with Crippen LogP contribution in [-0.2, 0) is 6.42 Å². The van der Waals surface area contributed by atoms with Crippen molar-refractivity contribution in [2.24, 2.45) is 0 Å². The molecule has 0 saturated carbocycles. The summed E-state index contributed by atoms with van der Waals surface area (Å²) in [6.07, 6.45) is 11.9. The molecule has 37 heavy (non-hydrogen) atoms. The molecule has 0 amide bonds. The van der Waals surface area contributed by atoms with E-state index in [1.807, 2.05) is 18.2 Å². The Morgan fingerprint density at radius 3 is 2.62 bits per heavy atom. The van der Waals surface area contributed by atoms with Crippen molar-refractivity contribution in [3.63, 3.8) is 0 Å². The highest BCUT2D eigenvalue weighted by atomic mass is 16.5. The number of benzene rings is 1. The Labute approximate surface area is 217 Å². The normalized spacial score (nSPS) is 16.4. The van der Waals surface area contributed by atoms with Crippen molar-refractivity contribution in [1.82, 2.24) is 0 Å². The van der Waals surface area contributed by atoms with Gasteiger partial charge >= 0.3 is 5.63 Å². The van der Waals surface area contributed by atoms with Gasteiger partial charge in [-0.1, -0.05) is 12.1 Å². The number of rotatable bonds is 6. The van der Waals surface area contributed by atoms with E-state index in [4.69, 9.17) is 9.15 Å². The van der Waals surface area contributed by atoms with Crippen molar-refractivity contribution < 1.29 is 18.8 Å². The fourth-order valence-electron chi connectivity index (χ4n) is 5.40. The molecular weight excluding hydrogens is 464 g/mol. The zero-order valence-corrected chi connectivity index (χ0v) is 22.1. The maximum Gasteiger partial charge on any atom is 0.347 e. The van der Waals surface area contributed by atoms with Crippen molar-refractivity contribution >= 4 is 29.6 Å². The Morgan fingerprint density at radius 2 is 1.89 bits per heavy atom. The number of allylic oxidation sites excluding steroid dienone is 4. The first-order chi connectivity index (χ1) is 18.0. The summed E-state index contributed by atoms with van der Waals surface area (Å²) in [7, 11) is 0. The molecule has 1 N–H and O–H groups in total. The predicted molar refractivity (Wildman–Crippen MR) is 149 cm³/mol. The molecule has 0 unspecified atom stereocenters. The van der Waals surface area contributed by atoms with E-state index in [1.54, 1.807) is 6.08 Å². The minimum atomic E-state index is -0.550. The van der Waals surface area contributed by atoms with Crippen LogP contribution in [0.4, 0.5) is 5.69 Å². The van der Waals surface area contributed by atoms with Crippen LogP contribution in [0, 0.1) is 0 Å². The molecule has 0 bridgehead atoms. The summed E-state index contributed by atoms with van der Waals surface area (Å²) in [5.41, 5.74) is 5.63. The Kier molecular flexibility index (Phi) is 6.92. The van der Waals surface area contributed by atoms with Gasteiger partial charge in [0, 0.05) is 37.3 Å². The van der Waals surface area contributed by atoms with E-state index in [0.717, 1.165) is 85.1 Å². The molecule has 192 valence electrons. The Balaban J connectivity index is 1.60. The van der Waals surface area contributed by atoms with E-state index in [2.05, 4.69) is 61.4 Å². The van der Waals surface area contributed by atoms with Crippen LogP contribution in [0.15, 0.2) is 56.5 Å². The minimum Gasteiger partial charge on any atom is -0.506 e. The van der Waals surface area contributed by atoms with Gasteiger partial charge in [0.15, 0.2) is 0 Å². The molecule has 5 rings (SSSR count). The van der Waals surface area contributed by atoms with Gasteiger partial charge in [0.05, 0.1) is 11.6 Å². The van der Waals surface area contributed by atoms with Gasteiger partial charge in [0.25, 0.3) is 0 Å². The van der Waals surface area contributed by atoms with Gasteiger partial charge in [-0.05, 0) is 75.5 Å². The molecular formula is C31H35N2O4+. The van der Waals surface area contributed by atoms with Gasteiger partial charge in [-0.15, -0.1) is 0 Å². The standard InChI is InChI=1S/C31H34N2O4/c1-5-32(6-2)23-13-12-20-16-21-10-9-11-22(30(21)36-27(20)18-23)17-26-29(34)25-15-14-24(33(7-3)8-4)19-28(25)37-31(26)35/h10,12-15,17-19H,5-9,11,16H2,1-4H3/p+1. The smallest absolute Gasteiger partial charge is 0.347 e. The van der Waals surface area contributed by atoms with Crippen molar-refractivity contribution in [3.05, 3.63) is 79.4 Å². The molecule has 0 spiro atoms. The van der Waals surface area contributed by atoms with Crippen LogP contribution in [0.1, 0.15) is 51.7 Å². The summed E-state index contributed by atoms with van der Waals surface area (Å²) in [4.78, 5) is 15.3. The number of ether oxygens (including phenoxy) is 1. The van der Waals surface area contributed by atoms with Gasteiger partial charge in [0.1, 0.15) is 41.0 Å². The quantitative estimate of drug-likeness (QED) is 0.611. The van der Waals surface area contributed by atoms with Crippen molar-refractivity contribution in [3.8, 4) is 11.5 Å². The highest BCUT2D eigenvalue weighted by molar-refractivity contribution is 6.17. The summed E-state index contributed by atoms with van der Waals surface area (Å²) in [5, 5.41) is 11.3. The summed E-state index contributed by atoms with van der Waals surface area (Å²) in [6.45, 7) is 12.0. The molecule has 1 aromatic heterocycles. The Morgan fingerprint density at radius 1 is 1.11 bits per heavy atom. The van der Waals surface area contributed by atoms with E-state index >= 15 is 0 Å². The van der Waals surface area contributed by atoms with E-state index < -0.39 is 5.63 Å².